The van der Waals surface area contributed by atoms with E-state index in [4.69, 9.17) is 15.2 Å². The maximum atomic E-state index is 12.4. The Morgan fingerprint density at radius 2 is 2.14 bits per heavy atom. The highest BCUT2D eigenvalue weighted by Gasteiger charge is 2.40. The van der Waals surface area contributed by atoms with Crippen LogP contribution in [0.2, 0.25) is 0 Å². The fourth-order valence-electron chi connectivity index (χ4n) is 2.37. The fourth-order valence-corrected chi connectivity index (χ4v) is 2.98. The van der Waals surface area contributed by atoms with E-state index in [1.165, 1.54) is 18.3 Å². The largest absolute Gasteiger partial charge is 0.461 e. The first-order valence-corrected chi connectivity index (χ1v) is 7.91. The van der Waals surface area contributed by atoms with E-state index in [0.29, 0.717) is 17.2 Å². The second-order valence-corrected chi connectivity index (χ2v) is 7.12. The van der Waals surface area contributed by atoms with Gasteiger partial charge in [0.25, 0.3) is 0 Å². The average Bonchev–Trinajstić information content (AvgIpc) is 2.92. The summed E-state index contributed by atoms with van der Waals surface area (Å²) in [5.74, 6) is -0.368. The molecule has 1 unspecified atom stereocenters. The van der Waals surface area contributed by atoms with Crippen molar-refractivity contribution in [2.45, 2.75) is 51.9 Å². The normalized spacial score (nSPS) is 21.7. The van der Waals surface area contributed by atoms with Crippen LogP contribution in [0.15, 0.2) is 5.38 Å². The number of aromatic nitrogens is 1. The molecule has 1 aliphatic rings. The molecule has 0 radical (unpaired) electrons. The van der Waals surface area contributed by atoms with Crippen LogP contribution in [0.1, 0.15) is 45.9 Å². The molecule has 0 bridgehead atoms. The molecule has 1 fully saturated rings. The summed E-state index contributed by atoms with van der Waals surface area (Å²) in [7, 11) is 0. The van der Waals surface area contributed by atoms with E-state index in [1.54, 1.807) is 25.7 Å². The molecule has 2 heterocycles. The molecule has 0 aromatic carbocycles. The number of carbonyl (C=O) groups is 2. The summed E-state index contributed by atoms with van der Waals surface area (Å²) >= 11 is 1.31. The molecule has 1 aliphatic heterocycles. The molecule has 8 heteroatoms. The summed E-state index contributed by atoms with van der Waals surface area (Å²) in [5.41, 5.74) is 5.77. The summed E-state index contributed by atoms with van der Waals surface area (Å²) in [6.45, 7) is 7.06. The van der Waals surface area contributed by atoms with E-state index in [1.807, 2.05) is 5.38 Å². The van der Waals surface area contributed by atoms with E-state index in [0.717, 1.165) is 0 Å². The van der Waals surface area contributed by atoms with E-state index < -0.39 is 11.7 Å². The fraction of sp³-hybridized carbons (Fsp3) is 0.643. The zero-order valence-corrected chi connectivity index (χ0v) is 14.0. The Morgan fingerprint density at radius 3 is 2.64 bits per heavy atom. The van der Waals surface area contributed by atoms with Crippen LogP contribution in [0, 0.1) is 0 Å². The first-order chi connectivity index (χ1) is 10.2. The molecule has 22 heavy (non-hydrogen) atoms. The lowest BCUT2D eigenvalue weighted by Crippen LogP contribution is -2.37. The van der Waals surface area contributed by atoms with E-state index in [9.17, 15) is 9.59 Å². The van der Waals surface area contributed by atoms with Crippen LogP contribution >= 0.6 is 11.3 Å². The minimum Gasteiger partial charge on any atom is -0.461 e. The average molecular weight is 327 g/mol. The van der Waals surface area contributed by atoms with Crippen molar-refractivity contribution in [2.75, 3.05) is 12.3 Å². The highest BCUT2D eigenvalue weighted by molar-refractivity contribution is 7.13. The van der Waals surface area contributed by atoms with Crippen molar-refractivity contribution in [3.8, 4) is 0 Å². The van der Waals surface area contributed by atoms with Crippen LogP contribution in [-0.2, 0) is 14.3 Å². The lowest BCUT2D eigenvalue weighted by atomic mass is 10.1. The Kier molecular flexibility index (Phi) is 4.60. The van der Waals surface area contributed by atoms with Crippen LogP contribution in [0.4, 0.5) is 9.93 Å². The van der Waals surface area contributed by atoms with Gasteiger partial charge in [0, 0.05) is 18.7 Å². The number of hydrogen-bond acceptors (Lipinski definition) is 7. The summed E-state index contributed by atoms with van der Waals surface area (Å²) in [5, 5.41) is 2.25. The zero-order chi connectivity index (χ0) is 16.5. The van der Waals surface area contributed by atoms with Crippen molar-refractivity contribution in [1.29, 1.82) is 0 Å². The van der Waals surface area contributed by atoms with Gasteiger partial charge in [0.2, 0.25) is 0 Å². The van der Waals surface area contributed by atoms with E-state index in [2.05, 4.69) is 4.98 Å². The summed E-state index contributed by atoms with van der Waals surface area (Å²) < 4.78 is 10.7. The molecule has 0 spiro atoms. The molecular weight excluding hydrogens is 306 g/mol. The summed E-state index contributed by atoms with van der Waals surface area (Å²) in [4.78, 5) is 29.3. The predicted octanol–water partition coefficient (Wildman–Crippen LogP) is 2.34. The maximum absolute atomic E-state index is 12.4. The second kappa shape index (κ2) is 6.12. The molecule has 1 saturated heterocycles. The Bertz CT molecular complexity index is 567. The third kappa shape index (κ3) is 4.09. The van der Waals surface area contributed by atoms with Gasteiger partial charge < -0.3 is 15.2 Å². The van der Waals surface area contributed by atoms with Gasteiger partial charge in [-0.15, -0.1) is 11.3 Å². The highest BCUT2D eigenvalue weighted by Crippen LogP contribution is 2.35. The Morgan fingerprint density at radius 1 is 1.45 bits per heavy atom. The van der Waals surface area contributed by atoms with Gasteiger partial charge in [0.05, 0.1) is 18.3 Å². The molecule has 0 aliphatic carbocycles. The predicted molar refractivity (Wildman–Crippen MR) is 82.4 cm³/mol. The Balaban J connectivity index is 2.19. The number of nitrogen functional groups attached to an aromatic ring is 1. The van der Waals surface area contributed by atoms with Gasteiger partial charge in [-0.05, 0) is 20.8 Å². The van der Waals surface area contributed by atoms with Gasteiger partial charge in [-0.3, -0.25) is 9.69 Å². The number of ether oxygens (including phenoxy) is 2. The summed E-state index contributed by atoms with van der Waals surface area (Å²) in [6.07, 6.45) is -0.321. The molecule has 7 nitrogen and oxygen atoms in total. The molecular formula is C14H21N3O4S. The monoisotopic (exact) mass is 327 g/mol. The molecule has 122 valence electrons. The first-order valence-electron chi connectivity index (χ1n) is 7.03. The number of esters is 1. The molecule has 1 aromatic heterocycles. The standard InChI is InChI=1S/C14H21N3O4S/c1-8(18)20-9-5-11(10-7-22-12(15)16-10)17(6-9)13(19)21-14(2,3)4/h7,9,11H,5-6H2,1-4H3,(H2,15,16)/t9?,11-/m1/s1. The van der Waals surface area contributed by atoms with Crippen LogP contribution in [0.25, 0.3) is 0 Å². The van der Waals surface area contributed by atoms with Crippen molar-refractivity contribution in [3.63, 3.8) is 0 Å². The minimum absolute atomic E-state index is 0.288. The topological polar surface area (TPSA) is 94.8 Å². The van der Waals surface area contributed by atoms with Crippen molar-refractivity contribution in [3.05, 3.63) is 11.1 Å². The maximum Gasteiger partial charge on any atom is 0.410 e. The Labute approximate surface area is 133 Å². The molecule has 2 rings (SSSR count). The van der Waals surface area contributed by atoms with Crippen LogP contribution in [-0.4, -0.2) is 40.2 Å². The number of thiazole rings is 1. The smallest absolute Gasteiger partial charge is 0.410 e. The lowest BCUT2D eigenvalue weighted by molar-refractivity contribution is -0.145. The molecule has 0 saturated carbocycles. The van der Waals surface area contributed by atoms with Crippen LogP contribution in [0.3, 0.4) is 0 Å². The third-order valence-corrected chi connectivity index (χ3v) is 3.80. The highest BCUT2D eigenvalue weighted by atomic mass is 32.1. The van der Waals surface area contributed by atoms with Crippen LogP contribution in [0.5, 0.6) is 0 Å². The van der Waals surface area contributed by atoms with E-state index >= 15 is 0 Å². The number of nitrogens with two attached hydrogens (primary N) is 1. The van der Waals surface area contributed by atoms with Gasteiger partial charge in [-0.25, -0.2) is 9.78 Å². The van der Waals surface area contributed by atoms with Gasteiger partial charge in [0.15, 0.2) is 5.13 Å². The SMILES string of the molecule is CC(=O)OC1C[C@H](c2csc(N)n2)N(C(=O)OC(C)(C)C)C1. The lowest BCUT2D eigenvalue weighted by Gasteiger charge is -2.27. The third-order valence-electron chi connectivity index (χ3n) is 3.10. The van der Waals surface area contributed by atoms with E-state index in [-0.39, 0.29) is 24.7 Å². The van der Waals surface area contributed by atoms with Crippen molar-refractivity contribution >= 4 is 28.5 Å². The number of amides is 1. The van der Waals surface area contributed by atoms with Crippen molar-refractivity contribution < 1.29 is 19.1 Å². The van der Waals surface area contributed by atoms with Crippen LogP contribution < -0.4 is 5.73 Å². The van der Waals surface area contributed by atoms with Gasteiger partial charge in [0.1, 0.15) is 11.7 Å². The molecule has 1 aromatic rings. The number of likely N-dealkylation sites (tertiary alicyclic amines) is 1. The zero-order valence-electron chi connectivity index (χ0n) is 13.2. The van der Waals surface area contributed by atoms with Gasteiger partial charge in [-0.2, -0.15) is 0 Å². The van der Waals surface area contributed by atoms with Gasteiger partial charge in [-0.1, -0.05) is 0 Å². The van der Waals surface area contributed by atoms with Gasteiger partial charge >= 0.3 is 12.1 Å². The summed E-state index contributed by atoms with van der Waals surface area (Å²) in [6, 6.07) is -0.298. The number of hydrogen-bond donors (Lipinski definition) is 1. The first kappa shape index (κ1) is 16.5. The Hall–Kier alpha value is -1.83. The molecule has 2 N–H and O–H groups in total. The number of carbonyl (C=O) groups excluding carboxylic acids is 2. The quantitative estimate of drug-likeness (QED) is 0.838. The number of anilines is 1. The second-order valence-electron chi connectivity index (χ2n) is 6.23. The van der Waals surface area contributed by atoms with Crippen molar-refractivity contribution in [1.82, 2.24) is 9.88 Å². The van der Waals surface area contributed by atoms with Crippen molar-refractivity contribution in [2.24, 2.45) is 0 Å². The molecule has 1 amide bonds. The number of nitrogens with zero attached hydrogens (tertiary/aromatic N) is 2. The molecule has 2 atom stereocenters. The number of rotatable bonds is 2. The minimum atomic E-state index is -0.595.